The minimum Gasteiger partial charge on any atom is -0.248 e. The van der Waals surface area contributed by atoms with Gasteiger partial charge in [0.1, 0.15) is 0 Å². The molecule has 1 heterocycles. The highest BCUT2D eigenvalue weighted by Gasteiger charge is 2.04. The van der Waals surface area contributed by atoms with Gasteiger partial charge in [-0.25, -0.2) is 4.98 Å². The van der Waals surface area contributed by atoms with Crippen molar-refractivity contribution in [1.82, 2.24) is 4.98 Å². The van der Waals surface area contributed by atoms with Crippen LogP contribution >= 0.6 is 0 Å². The van der Waals surface area contributed by atoms with Gasteiger partial charge in [0, 0.05) is 5.39 Å². The average molecular weight is 311 g/mol. The number of aromatic nitrogens is 1. The molecule has 1 aromatic heterocycles. The molecule has 0 N–H and O–H groups in total. The lowest BCUT2D eigenvalue weighted by molar-refractivity contribution is 1.15. The number of allylic oxidation sites excluding steroid dienone is 2. The van der Waals surface area contributed by atoms with Gasteiger partial charge in [0.2, 0.25) is 0 Å². The maximum Gasteiger partial charge on any atom is 0.0709 e. The monoisotopic (exact) mass is 311 g/mol. The van der Waals surface area contributed by atoms with E-state index in [9.17, 15) is 0 Å². The van der Waals surface area contributed by atoms with Gasteiger partial charge in [-0.2, -0.15) is 0 Å². The van der Waals surface area contributed by atoms with E-state index in [1.807, 2.05) is 30.4 Å². The fraction of sp³-hybridized carbons (Fsp3) is 0.0870. The van der Waals surface area contributed by atoms with Crippen molar-refractivity contribution >= 4 is 23.1 Å². The van der Waals surface area contributed by atoms with E-state index >= 15 is 0 Å². The molecule has 0 radical (unpaired) electrons. The second-order valence-corrected chi connectivity index (χ2v) is 5.73. The summed E-state index contributed by atoms with van der Waals surface area (Å²) in [5.41, 5.74) is 5.81. The molecule has 118 valence electrons. The number of hydrogen-bond donors (Lipinski definition) is 0. The lowest BCUT2D eigenvalue weighted by Gasteiger charge is -2.10. The Balaban J connectivity index is 1.96. The smallest absolute Gasteiger partial charge is 0.0709 e. The summed E-state index contributed by atoms with van der Waals surface area (Å²) in [6, 6.07) is 18.7. The highest BCUT2D eigenvalue weighted by molar-refractivity contribution is 5.81. The number of rotatable bonds is 6. The highest BCUT2D eigenvalue weighted by Crippen LogP contribution is 2.20. The largest absolute Gasteiger partial charge is 0.248 e. The molecule has 3 aromatic rings. The van der Waals surface area contributed by atoms with Crippen LogP contribution in [0.5, 0.6) is 0 Å². The van der Waals surface area contributed by atoms with Crippen molar-refractivity contribution in [3.8, 4) is 0 Å². The van der Waals surface area contributed by atoms with E-state index in [0.717, 1.165) is 29.4 Å². The normalized spacial score (nSPS) is 11.0. The molecule has 0 atom stereocenters. The lowest BCUT2D eigenvalue weighted by atomic mass is 9.95. The predicted octanol–water partition coefficient (Wildman–Crippen LogP) is 5.86. The second kappa shape index (κ2) is 7.56. The van der Waals surface area contributed by atoms with Gasteiger partial charge in [0.15, 0.2) is 0 Å². The molecule has 2 aromatic carbocycles. The summed E-state index contributed by atoms with van der Waals surface area (Å²) in [7, 11) is 0. The van der Waals surface area contributed by atoms with E-state index in [0.29, 0.717) is 0 Å². The molecule has 0 aliphatic rings. The molecule has 0 amide bonds. The number of hydrogen-bond acceptors (Lipinski definition) is 1. The number of nitrogens with zero attached hydrogens (tertiary/aromatic N) is 1. The number of benzene rings is 2. The molecule has 0 unspecified atom stereocenters. The van der Waals surface area contributed by atoms with Crippen LogP contribution in [0.4, 0.5) is 0 Å². The zero-order valence-corrected chi connectivity index (χ0v) is 13.8. The molecule has 0 saturated carbocycles. The molecule has 0 saturated heterocycles. The van der Waals surface area contributed by atoms with Gasteiger partial charge in [-0.3, -0.25) is 0 Å². The Morgan fingerprint density at radius 3 is 2.46 bits per heavy atom. The Labute approximate surface area is 143 Å². The molecule has 3 rings (SSSR count). The molecule has 1 heteroatoms. The van der Waals surface area contributed by atoms with Crippen molar-refractivity contribution in [2.24, 2.45) is 0 Å². The number of para-hydroxylation sites is 1. The lowest BCUT2D eigenvalue weighted by Crippen LogP contribution is -1.95. The molecular formula is C23H21N. The van der Waals surface area contributed by atoms with Gasteiger partial charge in [-0.1, -0.05) is 60.7 Å². The van der Waals surface area contributed by atoms with Gasteiger partial charge in [-0.05, 0) is 47.7 Å². The minimum absolute atomic E-state index is 0.856. The first-order valence-electron chi connectivity index (χ1n) is 8.18. The van der Waals surface area contributed by atoms with Gasteiger partial charge >= 0.3 is 0 Å². The molecule has 0 aliphatic heterocycles. The first-order chi connectivity index (χ1) is 11.8. The minimum atomic E-state index is 0.856. The van der Waals surface area contributed by atoms with E-state index in [1.165, 1.54) is 16.7 Å². The first kappa shape index (κ1) is 15.9. The predicted molar refractivity (Wildman–Crippen MR) is 105 cm³/mol. The standard InChI is InChI=1S/C23H21N/c1-3-8-18-11-7-12-19(22(18)9-4-2)14-16-21-17-15-20-10-5-6-13-23(20)24-21/h3-7,10-17H,1-2,8-9H2/b16-14+. The number of pyridine rings is 1. The van der Waals surface area contributed by atoms with Crippen molar-refractivity contribution < 1.29 is 0 Å². The third kappa shape index (κ3) is 3.52. The zero-order chi connectivity index (χ0) is 16.8. The fourth-order valence-corrected chi connectivity index (χ4v) is 2.90. The molecular weight excluding hydrogens is 290 g/mol. The van der Waals surface area contributed by atoms with Crippen molar-refractivity contribution in [2.75, 3.05) is 0 Å². The number of fused-ring (bicyclic) bond motifs is 1. The quantitative estimate of drug-likeness (QED) is 0.519. The summed E-state index contributed by atoms with van der Waals surface area (Å²) in [6.45, 7) is 7.74. The van der Waals surface area contributed by atoms with Crippen LogP contribution in [0.1, 0.15) is 22.4 Å². The SMILES string of the molecule is C=CCc1cccc(/C=C/c2ccc3ccccc3n2)c1CC=C. The van der Waals surface area contributed by atoms with Crippen LogP contribution in [-0.2, 0) is 12.8 Å². The summed E-state index contributed by atoms with van der Waals surface area (Å²) >= 11 is 0. The highest BCUT2D eigenvalue weighted by atomic mass is 14.7. The van der Waals surface area contributed by atoms with Gasteiger partial charge in [0.25, 0.3) is 0 Å². The first-order valence-corrected chi connectivity index (χ1v) is 8.18. The van der Waals surface area contributed by atoms with Crippen molar-refractivity contribution in [3.05, 3.63) is 102 Å². The second-order valence-electron chi connectivity index (χ2n) is 5.73. The van der Waals surface area contributed by atoms with Gasteiger partial charge in [-0.15, -0.1) is 13.2 Å². The third-order valence-electron chi connectivity index (χ3n) is 4.08. The Morgan fingerprint density at radius 2 is 1.62 bits per heavy atom. The van der Waals surface area contributed by atoms with Crippen molar-refractivity contribution in [3.63, 3.8) is 0 Å². The van der Waals surface area contributed by atoms with E-state index in [4.69, 9.17) is 4.98 Å². The molecule has 1 nitrogen and oxygen atoms in total. The molecule has 0 fully saturated rings. The summed E-state index contributed by atoms with van der Waals surface area (Å²) in [6.07, 6.45) is 9.84. The van der Waals surface area contributed by atoms with Crippen LogP contribution in [-0.4, -0.2) is 4.98 Å². The summed E-state index contributed by atoms with van der Waals surface area (Å²) in [5.74, 6) is 0. The van der Waals surface area contributed by atoms with Crippen molar-refractivity contribution in [2.45, 2.75) is 12.8 Å². The fourth-order valence-electron chi connectivity index (χ4n) is 2.90. The maximum atomic E-state index is 4.70. The van der Waals surface area contributed by atoms with Crippen LogP contribution in [0.25, 0.3) is 23.1 Å². The van der Waals surface area contributed by atoms with Crippen molar-refractivity contribution in [1.29, 1.82) is 0 Å². The third-order valence-corrected chi connectivity index (χ3v) is 4.08. The molecule has 0 spiro atoms. The van der Waals surface area contributed by atoms with Crippen LogP contribution in [0.2, 0.25) is 0 Å². The Bertz CT molecular complexity index is 903. The van der Waals surface area contributed by atoms with Gasteiger partial charge in [0.05, 0.1) is 11.2 Å². The van der Waals surface area contributed by atoms with Crippen LogP contribution in [0, 0.1) is 0 Å². The van der Waals surface area contributed by atoms with E-state index in [1.54, 1.807) is 0 Å². The molecule has 24 heavy (non-hydrogen) atoms. The maximum absolute atomic E-state index is 4.70. The van der Waals surface area contributed by atoms with E-state index in [2.05, 4.69) is 61.7 Å². The molecule has 0 bridgehead atoms. The summed E-state index contributed by atoms with van der Waals surface area (Å²) in [5, 5.41) is 1.16. The Hall–Kier alpha value is -2.93. The Morgan fingerprint density at radius 1 is 0.792 bits per heavy atom. The summed E-state index contributed by atoms with van der Waals surface area (Å²) in [4.78, 5) is 4.70. The van der Waals surface area contributed by atoms with Crippen LogP contribution < -0.4 is 0 Å². The van der Waals surface area contributed by atoms with Crippen LogP contribution in [0.3, 0.4) is 0 Å². The van der Waals surface area contributed by atoms with E-state index < -0.39 is 0 Å². The van der Waals surface area contributed by atoms with Gasteiger partial charge < -0.3 is 0 Å². The molecule has 0 aliphatic carbocycles. The summed E-state index contributed by atoms with van der Waals surface area (Å²) < 4.78 is 0. The van der Waals surface area contributed by atoms with E-state index in [-0.39, 0.29) is 0 Å². The van der Waals surface area contributed by atoms with Crippen LogP contribution in [0.15, 0.2) is 79.9 Å². The zero-order valence-electron chi connectivity index (χ0n) is 13.8. The topological polar surface area (TPSA) is 12.9 Å². The Kier molecular flexibility index (Phi) is 5.02. The average Bonchev–Trinajstić information content (AvgIpc) is 2.62.